The highest BCUT2D eigenvalue weighted by molar-refractivity contribution is 9.08. The van der Waals surface area contributed by atoms with Crippen LogP contribution < -0.4 is 4.74 Å². The molecule has 2 aromatic carbocycles. The number of nitrogens with zero attached hydrogens (tertiary/aromatic N) is 1. The van der Waals surface area contributed by atoms with E-state index in [-0.39, 0.29) is 11.4 Å². The monoisotopic (exact) mass is 339 g/mol. The third kappa shape index (κ3) is 3.14. The Labute approximate surface area is 123 Å². The summed E-state index contributed by atoms with van der Waals surface area (Å²) in [4.78, 5) is 10.4. The Morgan fingerprint density at radius 3 is 2.70 bits per heavy atom. The molecular weight excluding hydrogens is 329 g/mol. The molecule has 0 bridgehead atoms. The Morgan fingerprint density at radius 1 is 1.30 bits per heavy atom. The Balaban J connectivity index is 2.34. The van der Waals surface area contributed by atoms with Crippen molar-refractivity contribution in [3.63, 3.8) is 0 Å². The average molecular weight is 340 g/mol. The fraction of sp³-hybridized carbons (Fsp3) is 0.143. The number of hydrogen-bond donors (Lipinski definition) is 0. The molecule has 2 rings (SSSR count). The summed E-state index contributed by atoms with van der Waals surface area (Å²) in [5, 5.41) is 11.1. The maximum absolute atomic E-state index is 13.6. The van der Waals surface area contributed by atoms with Gasteiger partial charge in [0.05, 0.1) is 4.92 Å². The standard InChI is InChI=1S/C14H11BrFNO3/c1-9-2-4-12(16)14(6-9)20-11-3-5-13(17(18)19)10(7-11)8-15/h2-7H,8H2,1H3. The molecule has 2 aromatic rings. The molecule has 6 heteroatoms. The summed E-state index contributed by atoms with van der Waals surface area (Å²) in [6.07, 6.45) is 0. The molecule has 0 N–H and O–H groups in total. The van der Waals surface area contributed by atoms with Crippen molar-refractivity contribution in [1.82, 2.24) is 0 Å². The van der Waals surface area contributed by atoms with Crippen molar-refractivity contribution in [2.75, 3.05) is 0 Å². The number of ether oxygens (including phenoxy) is 1. The van der Waals surface area contributed by atoms with Gasteiger partial charge in [-0.3, -0.25) is 10.1 Å². The number of halogens is 2. The van der Waals surface area contributed by atoms with E-state index in [0.29, 0.717) is 16.6 Å². The van der Waals surface area contributed by atoms with Crippen LogP contribution >= 0.6 is 15.9 Å². The normalized spacial score (nSPS) is 10.3. The number of rotatable bonds is 4. The van der Waals surface area contributed by atoms with Crippen LogP contribution in [0.3, 0.4) is 0 Å². The van der Waals surface area contributed by atoms with Gasteiger partial charge in [-0.15, -0.1) is 0 Å². The molecule has 0 fully saturated rings. The van der Waals surface area contributed by atoms with Crippen LogP contribution in [0.15, 0.2) is 36.4 Å². The molecule has 0 aliphatic heterocycles. The Bertz CT molecular complexity index is 661. The lowest BCUT2D eigenvalue weighted by atomic mass is 10.2. The third-order valence-electron chi connectivity index (χ3n) is 2.71. The lowest BCUT2D eigenvalue weighted by Crippen LogP contribution is -1.95. The average Bonchev–Trinajstić information content (AvgIpc) is 2.42. The fourth-order valence-electron chi connectivity index (χ4n) is 1.73. The van der Waals surface area contributed by atoms with E-state index in [1.807, 2.05) is 6.92 Å². The predicted molar refractivity (Wildman–Crippen MR) is 76.9 cm³/mol. The SMILES string of the molecule is Cc1ccc(F)c(Oc2ccc([N+](=O)[O-])c(CBr)c2)c1. The van der Waals surface area contributed by atoms with E-state index >= 15 is 0 Å². The molecule has 20 heavy (non-hydrogen) atoms. The zero-order chi connectivity index (χ0) is 14.7. The van der Waals surface area contributed by atoms with Gasteiger partial charge in [0.25, 0.3) is 5.69 Å². The molecule has 0 amide bonds. The lowest BCUT2D eigenvalue weighted by molar-refractivity contribution is -0.385. The summed E-state index contributed by atoms with van der Waals surface area (Å²) in [6.45, 7) is 1.83. The van der Waals surface area contributed by atoms with E-state index in [1.54, 1.807) is 12.1 Å². The van der Waals surface area contributed by atoms with Crippen molar-refractivity contribution >= 4 is 21.6 Å². The van der Waals surface area contributed by atoms with Crippen molar-refractivity contribution in [2.45, 2.75) is 12.3 Å². The van der Waals surface area contributed by atoms with Crippen LogP contribution in [0.4, 0.5) is 10.1 Å². The van der Waals surface area contributed by atoms with Crippen molar-refractivity contribution < 1.29 is 14.1 Å². The Morgan fingerprint density at radius 2 is 2.05 bits per heavy atom. The molecule has 0 radical (unpaired) electrons. The van der Waals surface area contributed by atoms with Crippen LogP contribution in [-0.2, 0) is 5.33 Å². The second-order valence-corrected chi connectivity index (χ2v) is 4.78. The zero-order valence-electron chi connectivity index (χ0n) is 10.6. The Hall–Kier alpha value is -1.95. The molecule has 0 unspecified atom stereocenters. The first-order valence-electron chi connectivity index (χ1n) is 5.78. The molecule has 0 saturated heterocycles. The highest BCUT2D eigenvalue weighted by Gasteiger charge is 2.14. The molecule has 104 valence electrons. The molecule has 0 aromatic heterocycles. The van der Waals surface area contributed by atoms with Crippen LogP contribution in [0.25, 0.3) is 0 Å². The minimum absolute atomic E-state index is 0.000982. The first-order valence-corrected chi connectivity index (χ1v) is 6.90. The van der Waals surface area contributed by atoms with Gasteiger partial charge in [0.2, 0.25) is 0 Å². The molecule has 0 heterocycles. The van der Waals surface area contributed by atoms with E-state index in [1.165, 1.54) is 24.3 Å². The van der Waals surface area contributed by atoms with Gasteiger partial charge >= 0.3 is 0 Å². The van der Waals surface area contributed by atoms with Crippen molar-refractivity contribution in [2.24, 2.45) is 0 Å². The third-order valence-corrected chi connectivity index (χ3v) is 3.31. The van der Waals surface area contributed by atoms with Crippen molar-refractivity contribution in [3.8, 4) is 11.5 Å². The summed E-state index contributed by atoms with van der Waals surface area (Å²) >= 11 is 3.19. The summed E-state index contributed by atoms with van der Waals surface area (Å²) in [7, 11) is 0. The quantitative estimate of drug-likeness (QED) is 0.459. The van der Waals surface area contributed by atoms with Crippen molar-refractivity contribution in [3.05, 3.63) is 63.5 Å². The van der Waals surface area contributed by atoms with Crippen LogP contribution in [0, 0.1) is 22.9 Å². The number of nitro benzene ring substituents is 1. The second-order valence-electron chi connectivity index (χ2n) is 4.22. The summed E-state index contributed by atoms with van der Waals surface area (Å²) in [5.74, 6) is -0.0247. The fourth-order valence-corrected chi connectivity index (χ4v) is 2.18. The molecule has 0 aliphatic rings. The number of hydrogen-bond acceptors (Lipinski definition) is 3. The molecular formula is C14H11BrFNO3. The van der Waals surface area contributed by atoms with Gasteiger partial charge in [-0.1, -0.05) is 22.0 Å². The topological polar surface area (TPSA) is 52.4 Å². The zero-order valence-corrected chi connectivity index (χ0v) is 12.2. The predicted octanol–water partition coefficient (Wildman–Crippen LogP) is 4.73. The molecule has 4 nitrogen and oxygen atoms in total. The van der Waals surface area contributed by atoms with Gasteiger partial charge in [-0.25, -0.2) is 4.39 Å². The van der Waals surface area contributed by atoms with Gasteiger partial charge in [0.1, 0.15) is 5.75 Å². The molecule has 0 spiro atoms. The molecule has 0 aliphatic carbocycles. The van der Waals surface area contributed by atoms with Crippen LogP contribution in [0.1, 0.15) is 11.1 Å². The number of nitro groups is 1. The van der Waals surface area contributed by atoms with E-state index in [4.69, 9.17) is 4.74 Å². The largest absolute Gasteiger partial charge is 0.454 e. The van der Waals surface area contributed by atoms with Crippen LogP contribution in [-0.4, -0.2) is 4.92 Å². The summed E-state index contributed by atoms with van der Waals surface area (Å²) in [5.41, 5.74) is 1.34. The number of alkyl halides is 1. The van der Waals surface area contributed by atoms with Gasteiger partial charge < -0.3 is 4.74 Å². The van der Waals surface area contributed by atoms with Gasteiger partial charge in [-0.05, 0) is 36.8 Å². The summed E-state index contributed by atoms with van der Waals surface area (Å²) in [6, 6.07) is 8.86. The highest BCUT2D eigenvalue weighted by atomic mass is 79.9. The van der Waals surface area contributed by atoms with Gasteiger partial charge in [0.15, 0.2) is 11.6 Å². The number of benzene rings is 2. The van der Waals surface area contributed by atoms with E-state index < -0.39 is 10.7 Å². The van der Waals surface area contributed by atoms with E-state index in [9.17, 15) is 14.5 Å². The van der Waals surface area contributed by atoms with Crippen molar-refractivity contribution in [1.29, 1.82) is 0 Å². The van der Waals surface area contributed by atoms with E-state index in [0.717, 1.165) is 5.56 Å². The minimum atomic E-state index is -0.477. The first-order chi connectivity index (χ1) is 9.51. The lowest BCUT2D eigenvalue weighted by Gasteiger charge is -2.09. The van der Waals surface area contributed by atoms with Gasteiger partial charge in [0, 0.05) is 17.0 Å². The second kappa shape index (κ2) is 6.00. The summed E-state index contributed by atoms with van der Waals surface area (Å²) < 4.78 is 19.1. The maximum atomic E-state index is 13.6. The van der Waals surface area contributed by atoms with E-state index in [2.05, 4.69) is 15.9 Å². The molecule has 0 saturated carbocycles. The maximum Gasteiger partial charge on any atom is 0.273 e. The van der Waals surface area contributed by atoms with Crippen LogP contribution in [0.2, 0.25) is 0 Å². The molecule has 0 atom stereocenters. The Kier molecular flexibility index (Phi) is 4.34. The van der Waals surface area contributed by atoms with Gasteiger partial charge in [-0.2, -0.15) is 0 Å². The minimum Gasteiger partial charge on any atom is -0.454 e. The number of aryl methyl sites for hydroxylation is 1. The first kappa shape index (κ1) is 14.5. The highest BCUT2D eigenvalue weighted by Crippen LogP contribution is 2.30. The van der Waals surface area contributed by atoms with Crippen LogP contribution in [0.5, 0.6) is 11.5 Å². The smallest absolute Gasteiger partial charge is 0.273 e.